The van der Waals surface area contributed by atoms with E-state index in [9.17, 15) is 4.79 Å². The van der Waals surface area contributed by atoms with Crippen LogP contribution in [0.3, 0.4) is 0 Å². The van der Waals surface area contributed by atoms with Gasteiger partial charge in [0.05, 0.1) is 18.4 Å². The van der Waals surface area contributed by atoms with Gasteiger partial charge in [-0.05, 0) is 93.0 Å². The van der Waals surface area contributed by atoms with Crippen LogP contribution in [-0.2, 0) is 4.74 Å². The highest BCUT2D eigenvalue weighted by Gasteiger charge is 2.15. The minimum absolute atomic E-state index is 0.315. The number of esters is 1. The van der Waals surface area contributed by atoms with Crippen LogP contribution in [0.5, 0.6) is 0 Å². The number of aliphatic imine (C=N–C) groups is 1. The zero-order valence-corrected chi connectivity index (χ0v) is 18.0. The standard InChI is InChI=1S/C26H29NO2/c1-17-9-8-11-23(20(17)4)24(25-12-7-6-10-19(3)27-25)16-21-13-14-22(15-18(21)2)26(28)29-5/h8-9,11-16H,6-7,10H2,1-5H3/b24-16-. The van der Waals surface area contributed by atoms with Crippen LogP contribution in [0.4, 0.5) is 0 Å². The van der Waals surface area contributed by atoms with E-state index in [2.05, 4.69) is 51.1 Å². The summed E-state index contributed by atoms with van der Waals surface area (Å²) in [6.45, 7) is 8.44. The molecule has 3 nitrogen and oxygen atoms in total. The molecule has 0 atom stereocenters. The van der Waals surface area contributed by atoms with Gasteiger partial charge in [0.1, 0.15) is 0 Å². The summed E-state index contributed by atoms with van der Waals surface area (Å²) in [5.74, 6) is -0.315. The van der Waals surface area contributed by atoms with E-state index in [1.807, 2.05) is 25.1 Å². The summed E-state index contributed by atoms with van der Waals surface area (Å²) in [4.78, 5) is 16.8. The zero-order valence-electron chi connectivity index (χ0n) is 18.0. The van der Waals surface area contributed by atoms with E-state index in [1.54, 1.807) is 0 Å². The Morgan fingerprint density at radius 2 is 1.86 bits per heavy atom. The van der Waals surface area contributed by atoms with E-state index >= 15 is 0 Å². The van der Waals surface area contributed by atoms with E-state index in [1.165, 1.54) is 29.5 Å². The smallest absolute Gasteiger partial charge is 0.337 e. The number of rotatable bonds is 4. The lowest BCUT2D eigenvalue weighted by Gasteiger charge is -2.15. The van der Waals surface area contributed by atoms with Gasteiger partial charge in [0.15, 0.2) is 0 Å². The SMILES string of the molecule is COC(=O)c1ccc(/C=C(\C2=CCCCC(C)=N2)c2cccc(C)c2C)c(C)c1. The fraction of sp³-hybridized carbons (Fsp3) is 0.308. The number of nitrogens with zero attached hydrogens (tertiary/aromatic N) is 1. The minimum atomic E-state index is -0.315. The number of allylic oxidation sites excluding steroid dienone is 2. The van der Waals surface area contributed by atoms with Gasteiger partial charge < -0.3 is 4.74 Å². The van der Waals surface area contributed by atoms with Gasteiger partial charge in [0, 0.05) is 11.3 Å². The first-order chi connectivity index (χ1) is 13.9. The molecule has 1 aliphatic heterocycles. The lowest BCUT2D eigenvalue weighted by molar-refractivity contribution is 0.0600. The summed E-state index contributed by atoms with van der Waals surface area (Å²) < 4.78 is 4.85. The van der Waals surface area contributed by atoms with Crippen molar-refractivity contribution < 1.29 is 9.53 Å². The highest BCUT2D eigenvalue weighted by Crippen LogP contribution is 2.33. The van der Waals surface area contributed by atoms with Crippen molar-refractivity contribution in [3.05, 3.63) is 81.6 Å². The summed E-state index contributed by atoms with van der Waals surface area (Å²) in [5, 5.41) is 0. The molecule has 2 aromatic carbocycles. The van der Waals surface area contributed by atoms with Crippen LogP contribution in [0.2, 0.25) is 0 Å². The third kappa shape index (κ3) is 4.73. The lowest BCUT2D eigenvalue weighted by atomic mass is 9.92. The molecule has 2 aromatic rings. The molecule has 150 valence electrons. The van der Waals surface area contributed by atoms with Crippen molar-refractivity contribution in [3.63, 3.8) is 0 Å². The summed E-state index contributed by atoms with van der Waals surface area (Å²) in [5.41, 5.74) is 9.73. The van der Waals surface area contributed by atoms with Gasteiger partial charge >= 0.3 is 5.97 Å². The summed E-state index contributed by atoms with van der Waals surface area (Å²) >= 11 is 0. The summed E-state index contributed by atoms with van der Waals surface area (Å²) in [7, 11) is 1.41. The van der Waals surface area contributed by atoms with E-state index < -0.39 is 0 Å². The zero-order chi connectivity index (χ0) is 21.0. The molecule has 1 aliphatic rings. The highest BCUT2D eigenvalue weighted by molar-refractivity contribution is 5.96. The van der Waals surface area contributed by atoms with Crippen LogP contribution in [0.1, 0.15) is 64.4 Å². The van der Waals surface area contributed by atoms with E-state index in [4.69, 9.17) is 9.73 Å². The predicted octanol–water partition coefficient (Wildman–Crippen LogP) is 6.47. The molecule has 0 aromatic heterocycles. The largest absolute Gasteiger partial charge is 0.465 e. The average molecular weight is 388 g/mol. The van der Waals surface area contributed by atoms with Crippen molar-refractivity contribution in [2.75, 3.05) is 7.11 Å². The Hall–Kier alpha value is -2.94. The first-order valence-electron chi connectivity index (χ1n) is 10.1. The van der Waals surface area contributed by atoms with Crippen molar-refractivity contribution in [3.8, 4) is 0 Å². The van der Waals surface area contributed by atoms with Gasteiger partial charge in [-0.2, -0.15) is 0 Å². The van der Waals surface area contributed by atoms with Gasteiger partial charge in [-0.15, -0.1) is 0 Å². The third-order valence-corrected chi connectivity index (χ3v) is 5.55. The van der Waals surface area contributed by atoms with Gasteiger partial charge in [-0.25, -0.2) is 4.79 Å². The number of hydrogen-bond acceptors (Lipinski definition) is 3. The molecule has 3 heteroatoms. The maximum Gasteiger partial charge on any atom is 0.337 e. The first-order valence-corrected chi connectivity index (χ1v) is 10.1. The van der Waals surface area contributed by atoms with Crippen LogP contribution in [-0.4, -0.2) is 18.8 Å². The maximum absolute atomic E-state index is 11.9. The number of ether oxygens (including phenoxy) is 1. The van der Waals surface area contributed by atoms with Gasteiger partial charge in [0.2, 0.25) is 0 Å². The molecular weight excluding hydrogens is 358 g/mol. The van der Waals surface area contributed by atoms with Crippen LogP contribution in [0.25, 0.3) is 11.6 Å². The second-order valence-corrected chi connectivity index (χ2v) is 7.70. The van der Waals surface area contributed by atoms with Crippen molar-refractivity contribution >= 4 is 23.3 Å². The molecule has 0 fully saturated rings. The van der Waals surface area contributed by atoms with Gasteiger partial charge in [-0.3, -0.25) is 4.99 Å². The number of aryl methyl sites for hydroxylation is 2. The highest BCUT2D eigenvalue weighted by atomic mass is 16.5. The molecule has 0 spiro atoms. The second-order valence-electron chi connectivity index (χ2n) is 7.70. The number of carbonyl (C=O) groups excluding carboxylic acids is 1. The van der Waals surface area contributed by atoms with Gasteiger partial charge in [0.25, 0.3) is 0 Å². The third-order valence-electron chi connectivity index (χ3n) is 5.55. The molecule has 0 N–H and O–H groups in total. The fourth-order valence-electron chi connectivity index (χ4n) is 3.64. The van der Waals surface area contributed by atoms with Crippen LogP contribution < -0.4 is 0 Å². The number of carbonyl (C=O) groups is 1. The van der Waals surface area contributed by atoms with Crippen LogP contribution >= 0.6 is 0 Å². The Balaban J connectivity index is 2.18. The van der Waals surface area contributed by atoms with Crippen LogP contribution in [0.15, 0.2) is 53.2 Å². The van der Waals surface area contributed by atoms with Crippen molar-refractivity contribution in [2.24, 2.45) is 4.99 Å². The second kappa shape index (κ2) is 9.04. The fourth-order valence-corrected chi connectivity index (χ4v) is 3.64. The van der Waals surface area contributed by atoms with Crippen LogP contribution in [0, 0.1) is 20.8 Å². The van der Waals surface area contributed by atoms with Gasteiger partial charge in [-0.1, -0.05) is 30.3 Å². The van der Waals surface area contributed by atoms with Crippen molar-refractivity contribution in [1.29, 1.82) is 0 Å². The maximum atomic E-state index is 11.9. The normalized spacial score (nSPS) is 14.7. The van der Waals surface area contributed by atoms with Crippen molar-refractivity contribution in [1.82, 2.24) is 0 Å². The van der Waals surface area contributed by atoms with Crippen molar-refractivity contribution in [2.45, 2.75) is 47.0 Å². The number of benzene rings is 2. The summed E-state index contributed by atoms with van der Waals surface area (Å²) in [6, 6.07) is 12.1. The molecule has 0 amide bonds. The molecular formula is C26H29NO2. The number of hydrogen-bond donors (Lipinski definition) is 0. The Morgan fingerprint density at radius 3 is 2.59 bits per heavy atom. The van der Waals surface area contributed by atoms with E-state index in [-0.39, 0.29) is 5.97 Å². The molecule has 0 saturated heterocycles. The Kier molecular flexibility index (Phi) is 6.48. The van der Waals surface area contributed by atoms with E-state index in [0.717, 1.165) is 41.7 Å². The monoisotopic (exact) mass is 387 g/mol. The topological polar surface area (TPSA) is 38.7 Å². The first kappa shape index (κ1) is 20.8. The molecule has 29 heavy (non-hydrogen) atoms. The molecule has 0 radical (unpaired) electrons. The predicted molar refractivity (Wildman–Crippen MR) is 121 cm³/mol. The molecule has 0 bridgehead atoms. The minimum Gasteiger partial charge on any atom is -0.465 e. The Bertz CT molecular complexity index is 1020. The molecule has 0 unspecified atom stereocenters. The van der Waals surface area contributed by atoms with E-state index in [0.29, 0.717) is 5.56 Å². The number of methoxy groups -OCH3 is 1. The molecule has 3 rings (SSSR count). The average Bonchev–Trinajstić information content (AvgIpc) is 2.93. The Labute approximate surface area is 173 Å². The summed E-state index contributed by atoms with van der Waals surface area (Å²) in [6.07, 6.45) is 7.64. The molecule has 0 saturated carbocycles. The quantitative estimate of drug-likeness (QED) is 0.445. The Morgan fingerprint density at radius 1 is 1.07 bits per heavy atom. The molecule has 0 aliphatic carbocycles. The molecule has 1 heterocycles. The lowest BCUT2D eigenvalue weighted by Crippen LogP contribution is -2.02.